The summed E-state index contributed by atoms with van der Waals surface area (Å²) < 4.78 is 5.72. The van der Waals surface area contributed by atoms with E-state index in [1.54, 1.807) is 0 Å². The number of aliphatic hydroxyl groups excluding tert-OH is 1. The molecule has 0 fully saturated rings. The van der Waals surface area contributed by atoms with Crippen molar-refractivity contribution in [1.82, 2.24) is 5.32 Å². The van der Waals surface area contributed by atoms with Gasteiger partial charge in [-0.1, -0.05) is 25.1 Å². The van der Waals surface area contributed by atoms with E-state index in [0.717, 1.165) is 38.1 Å². The molecule has 1 rings (SSSR count). The smallest absolute Gasteiger partial charge is 0.123 e. The van der Waals surface area contributed by atoms with E-state index in [0.29, 0.717) is 6.61 Å². The Labute approximate surface area is 104 Å². The van der Waals surface area contributed by atoms with Crippen molar-refractivity contribution in [2.75, 3.05) is 19.8 Å². The van der Waals surface area contributed by atoms with Crippen molar-refractivity contribution in [3.63, 3.8) is 0 Å². The molecule has 96 valence electrons. The standard InChI is InChI=1S/C14H23NO2/c1-2-9-15-12-13-7-3-4-8-14(13)17-11-6-5-10-16/h3-4,7-8,15-16H,2,5-6,9-12H2,1H3. The van der Waals surface area contributed by atoms with Gasteiger partial charge in [-0.05, 0) is 31.9 Å². The predicted molar refractivity (Wildman–Crippen MR) is 70.3 cm³/mol. The van der Waals surface area contributed by atoms with Gasteiger partial charge in [-0.2, -0.15) is 0 Å². The lowest BCUT2D eigenvalue weighted by Gasteiger charge is -2.11. The second-order valence-electron chi connectivity index (χ2n) is 4.06. The quantitative estimate of drug-likeness (QED) is 0.648. The zero-order valence-electron chi connectivity index (χ0n) is 10.6. The summed E-state index contributed by atoms with van der Waals surface area (Å²) in [6.07, 6.45) is 2.84. The summed E-state index contributed by atoms with van der Waals surface area (Å²) in [4.78, 5) is 0. The summed E-state index contributed by atoms with van der Waals surface area (Å²) in [5.74, 6) is 0.953. The van der Waals surface area contributed by atoms with Gasteiger partial charge in [0.2, 0.25) is 0 Å². The molecule has 0 saturated heterocycles. The van der Waals surface area contributed by atoms with Gasteiger partial charge < -0.3 is 15.2 Å². The summed E-state index contributed by atoms with van der Waals surface area (Å²) in [5.41, 5.74) is 1.20. The second-order valence-corrected chi connectivity index (χ2v) is 4.06. The molecule has 0 aliphatic heterocycles. The summed E-state index contributed by atoms with van der Waals surface area (Å²) in [7, 11) is 0. The largest absolute Gasteiger partial charge is 0.493 e. The van der Waals surface area contributed by atoms with Gasteiger partial charge in [0.1, 0.15) is 5.75 Å². The van der Waals surface area contributed by atoms with E-state index >= 15 is 0 Å². The molecule has 0 bridgehead atoms. The Morgan fingerprint density at radius 3 is 2.82 bits per heavy atom. The maximum atomic E-state index is 8.70. The van der Waals surface area contributed by atoms with Crippen LogP contribution in [-0.2, 0) is 6.54 Å². The molecule has 0 aliphatic carbocycles. The molecule has 0 radical (unpaired) electrons. The molecule has 0 aliphatic rings. The Balaban J connectivity index is 2.40. The Hall–Kier alpha value is -1.06. The number of rotatable bonds is 9. The van der Waals surface area contributed by atoms with Gasteiger partial charge in [0.25, 0.3) is 0 Å². The fraction of sp³-hybridized carbons (Fsp3) is 0.571. The second kappa shape index (κ2) is 9.02. The molecule has 3 nitrogen and oxygen atoms in total. The van der Waals surface area contributed by atoms with Crippen LogP contribution >= 0.6 is 0 Å². The van der Waals surface area contributed by atoms with Crippen LogP contribution in [0.25, 0.3) is 0 Å². The molecule has 0 atom stereocenters. The number of nitrogens with one attached hydrogen (secondary N) is 1. The minimum Gasteiger partial charge on any atom is -0.493 e. The van der Waals surface area contributed by atoms with Crippen molar-refractivity contribution in [2.24, 2.45) is 0 Å². The summed E-state index contributed by atoms with van der Waals surface area (Å²) in [5, 5.41) is 12.1. The van der Waals surface area contributed by atoms with Crippen LogP contribution < -0.4 is 10.1 Å². The number of hydrogen-bond acceptors (Lipinski definition) is 3. The van der Waals surface area contributed by atoms with Crippen molar-refractivity contribution in [2.45, 2.75) is 32.7 Å². The van der Waals surface area contributed by atoms with Crippen LogP contribution in [0.5, 0.6) is 5.75 Å². The van der Waals surface area contributed by atoms with Crippen LogP contribution in [-0.4, -0.2) is 24.9 Å². The maximum absolute atomic E-state index is 8.70. The molecule has 0 spiro atoms. The van der Waals surface area contributed by atoms with E-state index in [9.17, 15) is 0 Å². The van der Waals surface area contributed by atoms with Crippen LogP contribution in [0.4, 0.5) is 0 Å². The van der Waals surface area contributed by atoms with Gasteiger partial charge in [-0.25, -0.2) is 0 Å². The first-order valence-electron chi connectivity index (χ1n) is 6.40. The Morgan fingerprint density at radius 1 is 1.24 bits per heavy atom. The third kappa shape index (κ3) is 5.71. The van der Waals surface area contributed by atoms with Crippen molar-refractivity contribution < 1.29 is 9.84 Å². The number of benzene rings is 1. The van der Waals surface area contributed by atoms with Crippen LogP contribution in [0.15, 0.2) is 24.3 Å². The molecule has 2 N–H and O–H groups in total. The molecule has 1 aromatic carbocycles. The monoisotopic (exact) mass is 237 g/mol. The minimum absolute atomic E-state index is 0.239. The highest BCUT2D eigenvalue weighted by atomic mass is 16.5. The van der Waals surface area contributed by atoms with Crippen molar-refractivity contribution >= 4 is 0 Å². The highest BCUT2D eigenvalue weighted by molar-refractivity contribution is 5.33. The SMILES string of the molecule is CCCNCc1ccccc1OCCCCO. The van der Waals surface area contributed by atoms with Gasteiger partial charge in [0.15, 0.2) is 0 Å². The molecule has 0 unspecified atom stereocenters. The molecule has 1 aromatic rings. The molecular weight excluding hydrogens is 214 g/mol. The van der Waals surface area contributed by atoms with Crippen LogP contribution in [0.1, 0.15) is 31.7 Å². The van der Waals surface area contributed by atoms with E-state index in [-0.39, 0.29) is 6.61 Å². The molecule has 0 amide bonds. The summed E-state index contributed by atoms with van der Waals surface area (Å²) in [6, 6.07) is 8.11. The van der Waals surface area contributed by atoms with E-state index in [1.807, 2.05) is 18.2 Å². The van der Waals surface area contributed by atoms with Crippen LogP contribution in [0.2, 0.25) is 0 Å². The van der Waals surface area contributed by atoms with Crippen molar-refractivity contribution in [3.8, 4) is 5.75 Å². The third-order valence-electron chi connectivity index (χ3n) is 2.52. The van der Waals surface area contributed by atoms with Gasteiger partial charge in [-0.3, -0.25) is 0 Å². The molecule has 17 heavy (non-hydrogen) atoms. The summed E-state index contributed by atoms with van der Waals surface area (Å²) in [6.45, 7) is 4.95. The normalized spacial score (nSPS) is 10.5. The summed E-state index contributed by atoms with van der Waals surface area (Å²) >= 11 is 0. The first-order chi connectivity index (χ1) is 8.38. The average molecular weight is 237 g/mol. The highest BCUT2D eigenvalue weighted by Crippen LogP contribution is 2.17. The average Bonchev–Trinajstić information content (AvgIpc) is 2.36. The van der Waals surface area contributed by atoms with Crippen molar-refractivity contribution in [1.29, 1.82) is 0 Å². The molecule has 0 saturated carbocycles. The zero-order chi connectivity index (χ0) is 12.3. The van der Waals surface area contributed by atoms with E-state index in [2.05, 4.69) is 18.3 Å². The van der Waals surface area contributed by atoms with Crippen molar-refractivity contribution in [3.05, 3.63) is 29.8 Å². The first kappa shape index (κ1) is 14.0. The maximum Gasteiger partial charge on any atom is 0.123 e. The van der Waals surface area contributed by atoms with Gasteiger partial charge >= 0.3 is 0 Å². The molecule has 3 heteroatoms. The number of para-hydroxylation sites is 1. The van der Waals surface area contributed by atoms with Crippen LogP contribution in [0, 0.1) is 0 Å². The number of aliphatic hydroxyl groups is 1. The number of hydrogen-bond donors (Lipinski definition) is 2. The first-order valence-corrected chi connectivity index (χ1v) is 6.40. The molecular formula is C14H23NO2. The van der Waals surface area contributed by atoms with Gasteiger partial charge in [-0.15, -0.1) is 0 Å². The molecule has 0 heterocycles. The topological polar surface area (TPSA) is 41.5 Å². The van der Waals surface area contributed by atoms with E-state index in [1.165, 1.54) is 5.56 Å². The lowest BCUT2D eigenvalue weighted by molar-refractivity contribution is 0.252. The Kier molecular flexibility index (Phi) is 7.43. The lowest BCUT2D eigenvalue weighted by Crippen LogP contribution is -2.14. The minimum atomic E-state index is 0.239. The Bertz CT molecular complexity index is 302. The Morgan fingerprint density at radius 2 is 2.06 bits per heavy atom. The number of unbranched alkanes of at least 4 members (excludes halogenated alkanes) is 1. The van der Waals surface area contributed by atoms with Crippen LogP contribution in [0.3, 0.4) is 0 Å². The number of ether oxygens (including phenoxy) is 1. The predicted octanol–water partition coefficient (Wildman–Crippen LogP) is 2.34. The van der Waals surface area contributed by atoms with E-state index < -0.39 is 0 Å². The molecule has 0 aromatic heterocycles. The fourth-order valence-electron chi connectivity index (χ4n) is 1.59. The fourth-order valence-corrected chi connectivity index (χ4v) is 1.59. The third-order valence-corrected chi connectivity index (χ3v) is 2.52. The zero-order valence-corrected chi connectivity index (χ0v) is 10.6. The van der Waals surface area contributed by atoms with Gasteiger partial charge in [0, 0.05) is 18.7 Å². The highest BCUT2D eigenvalue weighted by Gasteiger charge is 2.01. The lowest BCUT2D eigenvalue weighted by atomic mass is 10.2. The van der Waals surface area contributed by atoms with E-state index in [4.69, 9.17) is 9.84 Å². The van der Waals surface area contributed by atoms with Gasteiger partial charge in [0.05, 0.1) is 6.61 Å².